The zero-order valence-electron chi connectivity index (χ0n) is 53.1. The zero-order chi connectivity index (χ0) is 69.3. The number of rotatable bonds is 30. The monoisotopic (exact) mass is 1310 g/mol. The lowest BCUT2D eigenvalue weighted by molar-refractivity contribution is 0.248. The maximum atomic E-state index is 11.5. The highest BCUT2D eigenvalue weighted by Gasteiger charge is 2.28. The minimum atomic E-state index is -0.829. The number of hydrazone groups is 6. The molecule has 30 heteroatoms. The van der Waals surface area contributed by atoms with Crippen molar-refractivity contribution in [3.63, 3.8) is 0 Å². The van der Waals surface area contributed by atoms with Crippen LogP contribution >= 0.6 is 0 Å². The molecule has 498 valence electrons. The molecule has 0 saturated carbocycles. The molecule has 0 fully saturated rings. The van der Waals surface area contributed by atoms with Gasteiger partial charge in [0.1, 0.15) is 74.1 Å². The summed E-state index contributed by atoms with van der Waals surface area (Å²) in [6, 6.07) is 37.1. The lowest BCUT2D eigenvalue weighted by Gasteiger charge is -2.28. The number of benzene rings is 7. The molecule has 0 aliphatic heterocycles. The first-order chi connectivity index (χ1) is 46.0. The Morgan fingerprint density at radius 3 is 0.458 bits per heavy atom. The van der Waals surface area contributed by atoms with Crippen molar-refractivity contribution in [2.24, 2.45) is 65.0 Å². The van der Waals surface area contributed by atoms with E-state index in [4.69, 9.17) is 62.8 Å². The van der Waals surface area contributed by atoms with Gasteiger partial charge in [0, 0.05) is 33.4 Å². The fourth-order valence-corrected chi connectivity index (χ4v) is 9.05. The molecule has 7 rings (SSSR count). The number of primary amides is 6. The number of hydrogen-bond acceptors (Lipinski definition) is 18. The Labute approximate surface area is 551 Å². The van der Waals surface area contributed by atoms with Gasteiger partial charge in [0.2, 0.25) is 0 Å². The summed E-state index contributed by atoms with van der Waals surface area (Å²) >= 11 is 0. The summed E-state index contributed by atoms with van der Waals surface area (Å²) in [5, 5.41) is 24.4. The Balaban J connectivity index is 1.48. The molecule has 0 aromatic heterocycles. The average Bonchev–Trinajstić information content (AvgIpc) is 0.763. The highest BCUT2D eigenvalue weighted by Crippen LogP contribution is 2.36. The van der Waals surface area contributed by atoms with Crippen molar-refractivity contribution < 1.29 is 57.2 Å². The second kappa shape index (κ2) is 34.4. The summed E-state index contributed by atoms with van der Waals surface area (Å²) in [6.45, 7) is 9.41. The molecule has 7 aromatic carbocycles. The summed E-state index contributed by atoms with van der Waals surface area (Å²) in [5.41, 5.74) is 55.5. The quantitative estimate of drug-likeness (QED) is 0.0154. The average molecular weight is 1310 g/mol. The highest BCUT2D eigenvalue weighted by atomic mass is 16.5. The smallest absolute Gasteiger partial charge is 0.332 e. The molecule has 0 aliphatic carbocycles. The first kappa shape index (κ1) is 70.4. The van der Waals surface area contributed by atoms with Gasteiger partial charge in [-0.25, -0.2) is 61.3 Å². The van der Waals surface area contributed by atoms with E-state index < -0.39 is 36.2 Å². The number of ether oxygens (including phenoxy) is 6. The number of nitrogens with two attached hydrogens (primary N) is 6. The highest BCUT2D eigenvalue weighted by molar-refractivity contribution is 6.02. The summed E-state index contributed by atoms with van der Waals surface area (Å²) < 4.78 is 40.8. The summed E-state index contributed by atoms with van der Waals surface area (Å²) in [5.74, 6) is 2.57. The van der Waals surface area contributed by atoms with Gasteiger partial charge in [-0.2, -0.15) is 30.6 Å². The Bertz CT molecular complexity index is 3420. The summed E-state index contributed by atoms with van der Waals surface area (Å²) in [7, 11) is 0. The Morgan fingerprint density at radius 2 is 0.354 bits per heavy atom. The first-order valence-corrected chi connectivity index (χ1v) is 29.1. The predicted octanol–water partition coefficient (Wildman–Crippen LogP) is 7.51. The van der Waals surface area contributed by atoms with E-state index in [2.05, 4.69) is 63.2 Å². The van der Waals surface area contributed by atoms with E-state index in [-0.39, 0.29) is 39.6 Å². The van der Waals surface area contributed by atoms with Gasteiger partial charge in [-0.15, -0.1) is 0 Å². The third kappa shape index (κ3) is 21.6. The molecule has 18 N–H and O–H groups in total. The van der Waals surface area contributed by atoms with Gasteiger partial charge >= 0.3 is 36.2 Å². The van der Waals surface area contributed by atoms with E-state index in [1.54, 1.807) is 187 Å². The normalized spacial score (nSPS) is 11.9. The van der Waals surface area contributed by atoms with E-state index in [1.165, 1.54) is 0 Å². The molecule has 0 radical (unpaired) electrons. The molecule has 7 aromatic rings. The van der Waals surface area contributed by atoms with Crippen molar-refractivity contribution in [3.8, 4) is 34.5 Å². The predicted molar refractivity (Wildman–Crippen MR) is 361 cm³/mol. The number of nitrogens with one attached hydrogen (secondary N) is 6. The number of urea groups is 6. The van der Waals surface area contributed by atoms with Crippen molar-refractivity contribution in [3.05, 3.63) is 212 Å². The molecule has 0 spiro atoms. The van der Waals surface area contributed by atoms with Gasteiger partial charge in [-0.05, 0) is 221 Å². The Hall–Kier alpha value is -13.0. The fraction of sp³-hybridized carbons (Fsp3) is 0.182. The van der Waals surface area contributed by atoms with Crippen molar-refractivity contribution in [1.82, 2.24) is 32.6 Å². The first-order valence-electron chi connectivity index (χ1n) is 29.1. The number of carbonyl (C=O) groups excluding carboxylic acids is 6. The van der Waals surface area contributed by atoms with E-state index in [9.17, 15) is 28.8 Å². The van der Waals surface area contributed by atoms with E-state index >= 15 is 0 Å². The van der Waals surface area contributed by atoms with Gasteiger partial charge < -0.3 is 62.8 Å². The topological polar surface area (TPSA) is 460 Å². The van der Waals surface area contributed by atoms with Crippen LogP contribution < -0.4 is 95.4 Å². The standard InChI is InChI=1S/C66H72N18O12/c1-37(73-79-61(67)85)43-7-19-49(20-8-43)91-31-55-56(32-92-50-21-9-44(10-22-50)38(2)74-80-62(68)86)58(34-94-52-25-13-46(14-26-52)40(4)76-82-64(70)88)60(36-96-54-29-17-48(18-30-54)42(6)78-84-66(72)90)59(35-95-53-27-15-47(16-28-53)41(5)77-83-65(71)89)57(55)33-93-51-23-11-45(12-24-51)39(3)75-81-63(69)87/h7-30H,31-36H2,1-6H3,(H3,67,79,85)(H3,68,80,86)(H3,69,81,87)(H3,70,82,88)(H3,71,83,89)(H3,72,84,90)/b73-37-,74-38-,75-39+,76-40+,77-41+,78-42+. The van der Waals surface area contributed by atoms with Crippen LogP contribution in [-0.4, -0.2) is 70.5 Å². The van der Waals surface area contributed by atoms with Crippen LogP contribution in [0.4, 0.5) is 28.8 Å². The number of carbonyl (C=O) groups is 6. The number of amides is 12. The van der Waals surface area contributed by atoms with E-state index in [1.807, 2.05) is 0 Å². The molecule has 12 amide bonds. The third-order valence-electron chi connectivity index (χ3n) is 14.1. The van der Waals surface area contributed by atoms with Crippen LogP contribution in [0, 0.1) is 0 Å². The molecular formula is C66H72N18O12. The van der Waals surface area contributed by atoms with Crippen molar-refractivity contribution in [2.45, 2.75) is 81.2 Å². The summed E-state index contributed by atoms with van der Waals surface area (Å²) in [6.07, 6.45) is 0. The lowest BCUT2D eigenvalue weighted by atomic mass is 9.87. The van der Waals surface area contributed by atoms with E-state index in [0.29, 0.717) is 136 Å². The molecule has 0 atom stereocenters. The Morgan fingerprint density at radius 1 is 0.240 bits per heavy atom. The van der Waals surface area contributed by atoms with Gasteiger partial charge in [-0.1, -0.05) is 0 Å². The van der Waals surface area contributed by atoms with Crippen LogP contribution in [-0.2, 0) is 39.6 Å². The molecule has 30 nitrogen and oxygen atoms in total. The molecule has 0 unspecified atom stereocenters. The van der Waals surface area contributed by atoms with E-state index in [0.717, 1.165) is 0 Å². The Kier molecular flexibility index (Phi) is 25.3. The van der Waals surface area contributed by atoms with Crippen molar-refractivity contribution >= 4 is 70.5 Å². The van der Waals surface area contributed by atoms with Crippen molar-refractivity contribution in [1.29, 1.82) is 0 Å². The zero-order valence-corrected chi connectivity index (χ0v) is 53.1. The van der Waals surface area contributed by atoms with Crippen molar-refractivity contribution in [2.75, 3.05) is 0 Å². The molecule has 0 bridgehead atoms. The third-order valence-corrected chi connectivity index (χ3v) is 14.1. The van der Waals surface area contributed by atoms with Gasteiger partial charge in [0.15, 0.2) is 0 Å². The second-order valence-electron chi connectivity index (χ2n) is 20.8. The van der Waals surface area contributed by atoms with Gasteiger partial charge in [-0.3, -0.25) is 0 Å². The molecule has 96 heavy (non-hydrogen) atoms. The minimum Gasteiger partial charge on any atom is -0.489 e. The summed E-state index contributed by atoms with van der Waals surface area (Å²) in [4.78, 5) is 69.2. The lowest BCUT2D eigenvalue weighted by Crippen LogP contribution is -2.25. The van der Waals surface area contributed by atoms with Crippen LogP contribution in [0.2, 0.25) is 0 Å². The molecule has 0 aliphatic rings. The molecule has 0 saturated heterocycles. The molecule has 0 heterocycles. The minimum absolute atomic E-state index is 0.136. The van der Waals surface area contributed by atoms with Gasteiger partial charge in [0.05, 0.1) is 34.3 Å². The van der Waals surface area contributed by atoms with Crippen LogP contribution in [0.3, 0.4) is 0 Å². The number of hydrogen-bond donors (Lipinski definition) is 12. The number of nitrogens with zero attached hydrogens (tertiary/aromatic N) is 6. The largest absolute Gasteiger partial charge is 0.489 e. The fourth-order valence-electron chi connectivity index (χ4n) is 9.05. The van der Waals surface area contributed by atoms with Gasteiger partial charge in [0.25, 0.3) is 0 Å². The SMILES string of the molecule is C/C(=N/NC(N)=O)c1ccc(OCc2c(COc3ccc(/C(C)=N\NC(N)=O)cc3)c(COc3ccc(/C(C)=N/NC(N)=O)cc3)c(COc3ccc(/C(C)=N/NC(N)=O)cc3)c(COc3ccc(/C(C)=N/NC(N)=O)cc3)c2COc2ccc(/C(C)=N/NC(N)=O)cc2)cc1. The van der Waals surface area contributed by atoms with Crippen LogP contribution in [0.5, 0.6) is 34.5 Å². The second-order valence-corrected chi connectivity index (χ2v) is 20.8. The maximum absolute atomic E-state index is 11.5. The maximum Gasteiger partial charge on any atom is 0.332 e. The molecular weight excluding hydrogens is 1240 g/mol. The van der Waals surface area contributed by atoms with Crippen LogP contribution in [0.25, 0.3) is 0 Å². The van der Waals surface area contributed by atoms with Crippen LogP contribution in [0.1, 0.15) is 108 Å². The van der Waals surface area contributed by atoms with Crippen LogP contribution in [0.15, 0.2) is 176 Å².